The molecule has 112 valence electrons. The molecule has 0 saturated heterocycles. The summed E-state index contributed by atoms with van der Waals surface area (Å²) in [6.45, 7) is 1.33. The molecule has 1 atom stereocenters. The first-order chi connectivity index (χ1) is 9.54. The van der Waals surface area contributed by atoms with E-state index in [9.17, 15) is 15.2 Å². The highest BCUT2D eigenvalue weighted by Gasteiger charge is 2.36. The molecule has 0 radical (unpaired) electrons. The second-order valence-corrected chi connectivity index (χ2v) is 5.20. The highest BCUT2D eigenvalue weighted by molar-refractivity contribution is 5.20. The van der Waals surface area contributed by atoms with Gasteiger partial charge in [-0.3, -0.25) is 14.8 Å². The highest BCUT2D eigenvalue weighted by Crippen LogP contribution is 2.34. The number of aliphatic hydroxyl groups excluding tert-OH is 1. The van der Waals surface area contributed by atoms with E-state index in [-0.39, 0.29) is 17.8 Å². The van der Waals surface area contributed by atoms with Gasteiger partial charge in [-0.05, 0) is 19.3 Å². The summed E-state index contributed by atoms with van der Waals surface area (Å²) in [6.07, 6.45) is 5.09. The van der Waals surface area contributed by atoms with Crippen molar-refractivity contribution < 1.29 is 14.8 Å². The smallest absolute Gasteiger partial charge is 0.306 e. The number of nitrogens with one attached hydrogen (secondary N) is 1. The van der Waals surface area contributed by atoms with Crippen molar-refractivity contribution >= 4 is 5.69 Å². The lowest BCUT2D eigenvalue weighted by Gasteiger charge is -2.40. The van der Waals surface area contributed by atoms with Crippen LogP contribution in [0, 0.1) is 10.1 Å². The predicted octanol–water partition coefficient (Wildman–Crippen LogP) is 0.311. The Balaban J connectivity index is 1.72. The van der Waals surface area contributed by atoms with Crippen LogP contribution in [0.2, 0.25) is 0 Å². The number of nitrogens with zero attached hydrogens (tertiary/aromatic N) is 3. The van der Waals surface area contributed by atoms with Crippen molar-refractivity contribution in [2.24, 2.45) is 0 Å². The zero-order valence-corrected chi connectivity index (χ0v) is 11.5. The summed E-state index contributed by atoms with van der Waals surface area (Å²) in [6, 6.07) is 0. The number of ether oxygens (including phenoxy) is 1. The van der Waals surface area contributed by atoms with Crippen LogP contribution < -0.4 is 5.32 Å². The number of aromatic nitrogens is 2. The van der Waals surface area contributed by atoms with Crippen LogP contribution in [0.15, 0.2) is 12.4 Å². The van der Waals surface area contributed by atoms with Crippen LogP contribution in [-0.4, -0.2) is 51.7 Å². The normalized spacial score (nSPS) is 18.5. The van der Waals surface area contributed by atoms with Crippen LogP contribution in [0.5, 0.6) is 0 Å². The Kier molecular flexibility index (Phi) is 4.69. The predicted molar refractivity (Wildman–Crippen MR) is 71.3 cm³/mol. The minimum Gasteiger partial charge on any atom is -0.390 e. The van der Waals surface area contributed by atoms with E-state index in [0.717, 1.165) is 12.8 Å². The van der Waals surface area contributed by atoms with Gasteiger partial charge in [0.1, 0.15) is 12.4 Å². The van der Waals surface area contributed by atoms with E-state index in [0.29, 0.717) is 13.1 Å². The lowest BCUT2D eigenvalue weighted by atomic mass is 9.80. The van der Waals surface area contributed by atoms with Gasteiger partial charge >= 0.3 is 5.69 Å². The Morgan fingerprint density at radius 3 is 2.95 bits per heavy atom. The summed E-state index contributed by atoms with van der Waals surface area (Å²) < 4.78 is 6.84. The molecule has 1 fully saturated rings. The summed E-state index contributed by atoms with van der Waals surface area (Å²) in [5.74, 6) is 0. The van der Waals surface area contributed by atoms with Crippen LogP contribution in [0.25, 0.3) is 0 Å². The van der Waals surface area contributed by atoms with Crippen molar-refractivity contribution in [3.8, 4) is 0 Å². The van der Waals surface area contributed by atoms with Gasteiger partial charge in [0.2, 0.25) is 0 Å². The van der Waals surface area contributed by atoms with Crippen molar-refractivity contribution in [3.63, 3.8) is 0 Å². The molecule has 20 heavy (non-hydrogen) atoms. The van der Waals surface area contributed by atoms with E-state index in [2.05, 4.69) is 10.4 Å². The zero-order valence-electron chi connectivity index (χ0n) is 11.5. The van der Waals surface area contributed by atoms with Gasteiger partial charge in [0, 0.05) is 20.2 Å². The van der Waals surface area contributed by atoms with Gasteiger partial charge in [-0.2, -0.15) is 5.10 Å². The molecule has 1 aromatic heterocycles. The highest BCUT2D eigenvalue weighted by atomic mass is 16.6. The van der Waals surface area contributed by atoms with Gasteiger partial charge in [-0.1, -0.05) is 0 Å². The summed E-state index contributed by atoms with van der Waals surface area (Å²) in [7, 11) is 1.71. The van der Waals surface area contributed by atoms with Gasteiger partial charge in [-0.25, -0.2) is 0 Å². The first kappa shape index (κ1) is 14.9. The quantitative estimate of drug-likeness (QED) is 0.526. The molecule has 1 aromatic rings. The average molecular weight is 284 g/mol. The van der Waals surface area contributed by atoms with Gasteiger partial charge in [-0.15, -0.1) is 0 Å². The third-order valence-electron chi connectivity index (χ3n) is 3.75. The van der Waals surface area contributed by atoms with Crippen LogP contribution in [-0.2, 0) is 11.3 Å². The number of rotatable bonds is 8. The fourth-order valence-corrected chi connectivity index (χ4v) is 2.32. The summed E-state index contributed by atoms with van der Waals surface area (Å²) >= 11 is 0. The third-order valence-corrected chi connectivity index (χ3v) is 3.75. The Labute approximate surface area is 116 Å². The third kappa shape index (κ3) is 3.53. The Morgan fingerprint density at radius 2 is 2.45 bits per heavy atom. The van der Waals surface area contributed by atoms with E-state index < -0.39 is 11.0 Å². The van der Waals surface area contributed by atoms with Crippen LogP contribution in [0.4, 0.5) is 5.69 Å². The maximum Gasteiger partial charge on any atom is 0.306 e. The van der Waals surface area contributed by atoms with Crippen molar-refractivity contribution in [3.05, 3.63) is 22.5 Å². The fourth-order valence-electron chi connectivity index (χ4n) is 2.32. The SMILES string of the molecule is COC1(CNCC(O)Cn2cc([N+](=O)[O-])cn2)CCC1. The fraction of sp³-hybridized carbons (Fsp3) is 0.750. The largest absolute Gasteiger partial charge is 0.390 e. The van der Waals surface area contributed by atoms with Crippen LogP contribution in [0.3, 0.4) is 0 Å². The topological polar surface area (TPSA) is 102 Å². The first-order valence-corrected chi connectivity index (χ1v) is 6.65. The van der Waals surface area contributed by atoms with E-state index in [1.54, 1.807) is 7.11 Å². The molecular weight excluding hydrogens is 264 g/mol. The van der Waals surface area contributed by atoms with E-state index in [1.807, 2.05) is 0 Å². The molecule has 0 aliphatic heterocycles. The Bertz CT molecular complexity index is 453. The lowest BCUT2D eigenvalue weighted by Crippen LogP contribution is -2.49. The number of hydrogen-bond donors (Lipinski definition) is 2. The number of methoxy groups -OCH3 is 1. The van der Waals surface area contributed by atoms with Crippen molar-refractivity contribution in [1.82, 2.24) is 15.1 Å². The molecular formula is C12H20N4O4. The van der Waals surface area contributed by atoms with Gasteiger partial charge < -0.3 is 15.2 Å². The van der Waals surface area contributed by atoms with Crippen molar-refractivity contribution in [1.29, 1.82) is 0 Å². The van der Waals surface area contributed by atoms with Gasteiger partial charge in [0.05, 0.1) is 23.2 Å². The van der Waals surface area contributed by atoms with Gasteiger partial charge in [0.25, 0.3) is 0 Å². The molecule has 8 nitrogen and oxygen atoms in total. The molecule has 0 amide bonds. The number of nitro groups is 1. The molecule has 1 aliphatic carbocycles. The molecule has 1 aliphatic rings. The Morgan fingerprint density at radius 1 is 1.70 bits per heavy atom. The molecule has 2 N–H and O–H groups in total. The minimum absolute atomic E-state index is 0.0713. The standard InChI is InChI=1S/C12H20N4O4/c1-20-12(3-2-4-12)9-13-6-11(17)8-15-7-10(5-14-15)16(18)19/h5,7,11,13,17H,2-4,6,8-9H2,1H3. The molecule has 1 saturated carbocycles. The summed E-state index contributed by atoms with van der Waals surface area (Å²) in [5, 5.41) is 27.4. The maximum absolute atomic E-state index is 10.5. The number of hydrogen-bond acceptors (Lipinski definition) is 6. The lowest BCUT2D eigenvalue weighted by molar-refractivity contribution is -0.385. The molecule has 0 spiro atoms. The van der Waals surface area contributed by atoms with Crippen LogP contribution in [0.1, 0.15) is 19.3 Å². The monoisotopic (exact) mass is 284 g/mol. The Hall–Kier alpha value is -1.51. The van der Waals surface area contributed by atoms with E-state index >= 15 is 0 Å². The van der Waals surface area contributed by atoms with Crippen molar-refractivity contribution in [2.45, 2.75) is 37.5 Å². The first-order valence-electron chi connectivity index (χ1n) is 6.65. The van der Waals surface area contributed by atoms with Gasteiger partial charge in [0.15, 0.2) is 0 Å². The van der Waals surface area contributed by atoms with E-state index in [1.165, 1.54) is 23.5 Å². The van der Waals surface area contributed by atoms with Crippen LogP contribution >= 0.6 is 0 Å². The molecule has 0 aromatic carbocycles. The average Bonchev–Trinajstić information content (AvgIpc) is 2.81. The zero-order chi connectivity index (χ0) is 14.6. The second kappa shape index (κ2) is 6.29. The molecule has 1 heterocycles. The molecule has 1 unspecified atom stereocenters. The summed E-state index contributed by atoms with van der Waals surface area (Å²) in [5.41, 5.74) is -0.150. The number of aliphatic hydroxyl groups is 1. The van der Waals surface area contributed by atoms with Crippen molar-refractivity contribution in [2.75, 3.05) is 20.2 Å². The second-order valence-electron chi connectivity index (χ2n) is 5.20. The van der Waals surface area contributed by atoms with E-state index in [4.69, 9.17) is 4.74 Å². The maximum atomic E-state index is 10.5. The summed E-state index contributed by atoms with van der Waals surface area (Å²) in [4.78, 5) is 10.0. The minimum atomic E-state index is -0.650. The molecule has 0 bridgehead atoms. The molecule has 8 heteroatoms. The molecule has 2 rings (SSSR count).